The number of halogens is 1. The topological polar surface area (TPSA) is 38.0 Å². The summed E-state index contributed by atoms with van der Waals surface area (Å²) in [5, 5.41) is 15.3. The fourth-order valence-electron chi connectivity index (χ4n) is 2.07. The summed E-state index contributed by atoms with van der Waals surface area (Å²) in [4.78, 5) is 0.839. The highest BCUT2D eigenvalue weighted by molar-refractivity contribution is 7.19. The van der Waals surface area contributed by atoms with E-state index in [1.165, 1.54) is 23.5 Å². The van der Waals surface area contributed by atoms with E-state index in [1.807, 2.05) is 25.4 Å². The summed E-state index contributed by atoms with van der Waals surface area (Å²) < 4.78 is 15.8. The molecule has 0 aliphatic heterocycles. The van der Waals surface area contributed by atoms with Crippen molar-refractivity contribution in [3.8, 4) is 0 Å². The maximum atomic E-state index is 13.1. The van der Waals surface area contributed by atoms with Gasteiger partial charge in [0.05, 0.1) is 11.8 Å². The fraction of sp³-hybridized carbons (Fsp3) is 0.214. The van der Waals surface area contributed by atoms with Gasteiger partial charge >= 0.3 is 0 Å². The van der Waals surface area contributed by atoms with Crippen LogP contribution in [0.4, 0.5) is 4.39 Å². The molecule has 0 bridgehead atoms. The van der Waals surface area contributed by atoms with Gasteiger partial charge in [-0.2, -0.15) is 5.10 Å². The molecule has 0 fully saturated rings. The van der Waals surface area contributed by atoms with Crippen molar-refractivity contribution in [2.24, 2.45) is 7.05 Å². The Morgan fingerprint density at radius 3 is 2.95 bits per heavy atom. The third-order valence-electron chi connectivity index (χ3n) is 3.00. The summed E-state index contributed by atoms with van der Waals surface area (Å²) in [6.07, 6.45) is 1.72. The number of aromatic nitrogens is 2. The maximum Gasteiger partial charge on any atom is 0.123 e. The summed E-state index contributed by atoms with van der Waals surface area (Å²) in [5.41, 5.74) is 0.846. The zero-order valence-electron chi connectivity index (χ0n) is 10.4. The zero-order valence-corrected chi connectivity index (χ0v) is 11.2. The molecule has 0 aliphatic rings. The monoisotopic (exact) mass is 276 g/mol. The molecule has 0 amide bonds. The van der Waals surface area contributed by atoms with E-state index >= 15 is 0 Å². The maximum absolute atomic E-state index is 13.1. The van der Waals surface area contributed by atoms with Crippen LogP contribution in [-0.4, -0.2) is 14.9 Å². The molecule has 98 valence electrons. The first-order valence-corrected chi connectivity index (χ1v) is 6.79. The average Bonchev–Trinajstić information content (AvgIpc) is 2.95. The number of hydrogen-bond donors (Lipinski definition) is 1. The smallest absolute Gasteiger partial charge is 0.123 e. The van der Waals surface area contributed by atoms with Crippen molar-refractivity contribution in [1.29, 1.82) is 0 Å². The third kappa shape index (κ3) is 2.52. The van der Waals surface area contributed by atoms with Crippen molar-refractivity contribution in [2.45, 2.75) is 12.5 Å². The Kier molecular flexibility index (Phi) is 3.08. The van der Waals surface area contributed by atoms with Crippen molar-refractivity contribution in [3.63, 3.8) is 0 Å². The minimum atomic E-state index is -0.602. The van der Waals surface area contributed by atoms with Gasteiger partial charge in [0.25, 0.3) is 0 Å². The molecular weight excluding hydrogens is 263 g/mol. The molecule has 3 nitrogen and oxygen atoms in total. The van der Waals surface area contributed by atoms with Gasteiger partial charge in [0.15, 0.2) is 0 Å². The SMILES string of the molecule is Cn1ccc(CC(O)c2cc3cc(F)ccc3s2)n1. The van der Waals surface area contributed by atoms with Gasteiger partial charge in [0.1, 0.15) is 5.82 Å². The number of aryl methyl sites for hydroxylation is 1. The van der Waals surface area contributed by atoms with Gasteiger partial charge in [-0.1, -0.05) is 0 Å². The molecule has 0 radical (unpaired) electrons. The predicted molar refractivity (Wildman–Crippen MR) is 73.7 cm³/mol. The van der Waals surface area contributed by atoms with Gasteiger partial charge in [0, 0.05) is 29.2 Å². The lowest BCUT2D eigenvalue weighted by atomic mass is 10.1. The Morgan fingerprint density at radius 1 is 1.37 bits per heavy atom. The summed E-state index contributed by atoms with van der Waals surface area (Å²) in [5.74, 6) is -0.254. The minimum absolute atomic E-state index is 0.254. The number of benzene rings is 1. The molecule has 0 spiro atoms. The molecule has 1 N–H and O–H groups in total. The van der Waals surface area contributed by atoms with Crippen LogP contribution in [-0.2, 0) is 13.5 Å². The summed E-state index contributed by atoms with van der Waals surface area (Å²) in [6.45, 7) is 0. The Hall–Kier alpha value is -1.72. The number of fused-ring (bicyclic) bond motifs is 1. The number of aliphatic hydroxyl groups excluding tert-OH is 1. The van der Waals surface area contributed by atoms with E-state index in [4.69, 9.17) is 0 Å². The fourth-order valence-corrected chi connectivity index (χ4v) is 3.10. The van der Waals surface area contributed by atoms with Crippen LogP contribution in [0.25, 0.3) is 10.1 Å². The second kappa shape index (κ2) is 4.75. The number of nitrogens with zero attached hydrogens (tertiary/aromatic N) is 2. The second-order valence-electron chi connectivity index (χ2n) is 4.53. The van der Waals surface area contributed by atoms with Crippen LogP contribution in [0.2, 0.25) is 0 Å². The Bertz CT molecular complexity index is 719. The molecule has 2 heterocycles. The molecule has 1 aromatic carbocycles. The molecule has 1 unspecified atom stereocenters. The molecule has 3 aromatic rings. The van der Waals surface area contributed by atoms with Crippen LogP contribution in [0.5, 0.6) is 0 Å². The van der Waals surface area contributed by atoms with Crippen LogP contribution in [0.3, 0.4) is 0 Å². The summed E-state index contributed by atoms with van der Waals surface area (Å²) >= 11 is 1.49. The van der Waals surface area contributed by atoms with Gasteiger partial charge in [0.2, 0.25) is 0 Å². The first-order valence-electron chi connectivity index (χ1n) is 5.97. The number of aliphatic hydroxyl groups is 1. The van der Waals surface area contributed by atoms with Crippen LogP contribution in [0, 0.1) is 5.82 Å². The second-order valence-corrected chi connectivity index (χ2v) is 5.65. The predicted octanol–water partition coefficient (Wildman–Crippen LogP) is 3.05. The van der Waals surface area contributed by atoms with E-state index in [0.29, 0.717) is 6.42 Å². The lowest BCUT2D eigenvalue weighted by molar-refractivity contribution is 0.181. The highest BCUT2D eigenvalue weighted by atomic mass is 32.1. The minimum Gasteiger partial charge on any atom is -0.387 e. The van der Waals surface area contributed by atoms with E-state index in [0.717, 1.165) is 20.7 Å². The standard InChI is InChI=1S/C14H13FN2OS/c1-17-5-4-11(16-17)8-12(18)14-7-9-6-10(15)2-3-13(9)19-14/h2-7,12,18H,8H2,1H3. The van der Waals surface area contributed by atoms with Crippen molar-refractivity contribution < 1.29 is 9.50 Å². The van der Waals surface area contributed by atoms with Crippen molar-refractivity contribution in [3.05, 3.63) is 52.9 Å². The van der Waals surface area contributed by atoms with Crippen molar-refractivity contribution >= 4 is 21.4 Å². The molecule has 0 saturated carbocycles. The molecule has 2 aromatic heterocycles. The lowest BCUT2D eigenvalue weighted by Crippen LogP contribution is -2.01. The number of rotatable bonds is 3. The van der Waals surface area contributed by atoms with E-state index in [2.05, 4.69) is 5.10 Å². The van der Waals surface area contributed by atoms with Crippen LogP contribution >= 0.6 is 11.3 Å². The van der Waals surface area contributed by atoms with Crippen molar-refractivity contribution in [2.75, 3.05) is 0 Å². The Labute approximate surface area is 113 Å². The third-order valence-corrected chi connectivity index (χ3v) is 4.21. The van der Waals surface area contributed by atoms with Crippen LogP contribution in [0.1, 0.15) is 16.7 Å². The van der Waals surface area contributed by atoms with Crippen molar-refractivity contribution in [1.82, 2.24) is 9.78 Å². The lowest BCUT2D eigenvalue weighted by Gasteiger charge is -2.05. The van der Waals surface area contributed by atoms with Gasteiger partial charge in [-0.05, 0) is 35.7 Å². The van der Waals surface area contributed by atoms with E-state index in [9.17, 15) is 9.50 Å². The Balaban J connectivity index is 1.86. The molecule has 5 heteroatoms. The molecule has 1 atom stereocenters. The highest BCUT2D eigenvalue weighted by Crippen LogP contribution is 2.31. The molecule has 0 saturated heterocycles. The van der Waals surface area contributed by atoms with E-state index < -0.39 is 6.10 Å². The van der Waals surface area contributed by atoms with Crippen LogP contribution in [0.15, 0.2) is 36.5 Å². The van der Waals surface area contributed by atoms with E-state index in [1.54, 1.807) is 10.7 Å². The largest absolute Gasteiger partial charge is 0.387 e. The van der Waals surface area contributed by atoms with Gasteiger partial charge in [-0.15, -0.1) is 11.3 Å². The molecule has 0 aliphatic carbocycles. The molecule has 3 rings (SSSR count). The highest BCUT2D eigenvalue weighted by Gasteiger charge is 2.14. The summed E-state index contributed by atoms with van der Waals surface area (Å²) in [7, 11) is 1.85. The summed E-state index contributed by atoms with van der Waals surface area (Å²) in [6, 6.07) is 8.40. The van der Waals surface area contributed by atoms with Gasteiger partial charge in [-0.3, -0.25) is 4.68 Å². The molecule has 19 heavy (non-hydrogen) atoms. The van der Waals surface area contributed by atoms with Gasteiger partial charge in [-0.25, -0.2) is 4.39 Å². The first-order chi connectivity index (χ1) is 9.11. The number of thiophene rings is 1. The molecular formula is C14H13FN2OS. The quantitative estimate of drug-likeness (QED) is 0.798. The Morgan fingerprint density at radius 2 is 2.21 bits per heavy atom. The normalized spacial score (nSPS) is 13.0. The van der Waals surface area contributed by atoms with Gasteiger partial charge < -0.3 is 5.11 Å². The first kappa shape index (κ1) is 12.3. The van der Waals surface area contributed by atoms with E-state index in [-0.39, 0.29) is 5.82 Å². The average molecular weight is 276 g/mol. The number of hydrogen-bond acceptors (Lipinski definition) is 3. The zero-order chi connectivity index (χ0) is 13.4. The van der Waals surface area contributed by atoms with Crippen LogP contribution < -0.4 is 0 Å².